The van der Waals surface area contributed by atoms with Gasteiger partial charge in [-0.2, -0.15) is 5.10 Å². The molecule has 0 spiro atoms. The van der Waals surface area contributed by atoms with E-state index in [9.17, 15) is 0 Å². The second kappa shape index (κ2) is 5.98. The quantitative estimate of drug-likeness (QED) is 0.506. The summed E-state index contributed by atoms with van der Waals surface area (Å²) in [4.78, 5) is 4.98. The first-order valence-electron chi connectivity index (χ1n) is 6.67. The molecule has 112 valence electrons. The first-order valence-corrected chi connectivity index (χ1v) is 7.48. The Hall–Kier alpha value is -2.67. The Kier molecular flexibility index (Phi) is 3.88. The number of hydrogen-bond acceptors (Lipinski definition) is 6. The molecule has 0 radical (unpaired) electrons. The fourth-order valence-corrected chi connectivity index (χ4v) is 2.74. The summed E-state index contributed by atoms with van der Waals surface area (Å²) in [5.74, 6) is 0. The molecule has 0 aliphatic carbocycles. The maximum atomic E-state index is 5.85. The highest BCUT2D eigenvalue weighted by Crippen LogP contribution is 2.29. The lowest BCUT2D eigenvalue weighted by Crippen LogP contribution is -1.97. The molecular weight excluding hydrogens is 296 g/mol. The number of nitrogens with zero attached hydrogens (tertiary/aromatic N) is 3. The maximum Gasteiger partial charge on any atom is 0.138 e. The number of nitrogen functional groups attached to an aromatic ring is 2. The third-order valence-electron chi connectivity index (χ3n) is 3.21. The normalized spacial score (nSPS) is 10.6. The summed E-state index contributed by atoms with van der Waals surface area (Å²) < 4.78 is 5.01. The van der Waals surface area contributed by atoms with E-state index in [-0.39, 0.29) is 0 Å². The van der Waals surface area contributed by atoms with E-state index < -0.39 is 0 Å². The van der Waals surface area contributed by atoms with Crippen LogP contribution in [0.2, 0.25) is 0 Å². The molecular formula is C15H16N6S. The zero-order valence-corrected chi connectivity index (χ0v) is 12.8. The Bertz CT molecular complexity index is 767. The van der Waals surface area contributed by atoms with Gasteiger partial charge in [-0.3, -0.25) is 0 Å². The number of hydrogen-bond donors (Lipinski definition) is 3. The molecule has 0 bridgehead atoms. The summed E-state index contributed by atoms with van der Waals surface area (Å²) >= 11 is 1.51. The van der Waals surface area contributed by atoms with Crippen LogP contribution in [0.3, 0.4) is 0 Å². The first kappa shape index (κ1) is 14.3. The molecule has 5 N–H and O–H groups in total. The van der Waals surface area contributed by atoms with Gasteiger partial charge in [0.05, 0.1) is 17.1 Å². The lowest BCUT2D eigenvalue weighted by atomic mass is 10.2. The number of rotatable bonds is 4. The van der Waals surface area contributed by atoms with Crippen LogP contribution in [0, 0.1) is 6.92 Å². The molecule has 0 saturated heterocycles. The topological polar surface area (TPSA) is 94.8 Å². The van der Waals surface area contributed by atoms with Gasteiger partial charge in [-0.25, -0.2) is 9.67 Å². The van der Waals surface area contributed by atoms with Crippen molar-refractivity contribution in [1.29, 1.82) is 0 Å². The molecule has 22 heavy (non-hydrogen) atoms. The Morgan fingerprint density at radius 3 is 2.50 bits per heavy atom. The molecule has 2 aromatic carbocycles. The molecule has 1 heterocycles. The van der Waals surface area contributed by atoms with Gasteiger partial charge in [0.2, 0.25) is 0 Å². The second-order valence-corrected chi connectivity index (χ2v) is 5.69. The van der Waals surface area contributed by atoms with Crippen molar-refractivity contribution in [2.45, 2.75) is 11.8 Å². The highest BCUT2D eigenvalue weighted by Gasteiger charge is 2.04. The SMILES string of the molecule is Cc1cc(N)c(N)cc1SNc1ccc(-n2cncn2)cc1. The average Bonchev–Trinajstić information content (AvgIpc) is 3.04. The fraction of sp³-hybridized carbons (Fsp3) is 0.0667. The Morgan fingerprint density at radius 2 is 1.82 bits per heavy atom. The molecule has 0 aliphatic rings. The lowest BCUT2D eigenvalue weighted by Gasteiger charge is -2.11. The standard InChI is InChI=1S/C15H16N6S/c1-10-6-13(16)14(17)7-15(10)22-20-11-2-4-12(5-3-11)21-9-18-8-19-21/h2-9,20H,16-17H2,1H3. The van der Waals surface area contributed by atoms with Gasteiger partial charge >= 0.3 is 0 Å². The van der Waals surface area contributed by atoms with E-state index in [0.29, 0.717) is 11.4 Å². The minimum absolute atomic E-state index is 0.594. The lowest BCUT2D eigenvalue weighted by molar-refractivity contribution is 0.879. The minimum atomic E-state index is 0.594. The summed E-state index contributed by atoms with van der Waals surface area (Å²) in [7, 11) is 0. The van der Waals surface area contributed by atoms with Gasteiger partial charge < -0.3 is 16.2 Å². The second-order valence-electron chi connectivity index (χ2n) is 4.84. The number of benzene rings is 2. The van der Waals surface area contributed by atoms with E-state index in [4.69, 9.17) is 11.5 Å². The van der Waals surface area contributed by atoms with Crippen molar-refractivity contribution in [3.05, 3.63) is 54.6 Å². The van der Waals surface area contributed by atoms with Crippen LogP contribution in [0.1, 0.15) is 5.56 Å². The Morgan fingerprint density at radius 1 is 1.09 bits per heavy atom. The highest BCUT2D eigenvalue weighted by atomic mass is 32.2. The van der Waals surface area contributed by atoms with Crippen LogP contribution < -0.4 is 16.2 Å². The van der Waals surface area contributed by atoms with Crippen molar-refractivity contribution >= 4 is 29.0 Å². The third-order valence-corrected chi connectivity index (χ3v) is 4.21. The Balaban J connectivity index is 1.70. The molecule has 0 amide bonds. The Labute approximate surface area is 132 Å². The van der Waals surface area contributed by atoms with Crippen LogP contribution in [-0.2, 0) is 0 Å². The van der Waals surface area contributed by atoms with Gasteiger partial charge in [-0.05, 0) is 60.8 Å². The van der Waals surface area contributed by atoms with Crippen LogP contribution in [0.5, 0.6) is 0 Å². The van der Waals surface area contributed by atoms with Crippen LogP contribution in [0.4, 0.5) is 17.1 Å². The summed E-state index contributed by atoms with van der Waals surface area (Å²) in [6.45, 7) is 2.01. The van der Waals surface area contributed by atoms with Crippen molar-refractivity contribution in [2.24, 2.45) is 0 Å². The largest absolute Gasteiger partial charge is 0.397 e. The molecule has 3 aromatic rings. The van der Waals surface area contributed by atoms with E-state index in [1.807, 2.05) is 43.3 Å². The van der Waals surface area contributed by atoms with Crippen LogP contribution in [-0.4, -0.2) is 14.8 Å². The van der Waals surface area contributed by atoms with Crippen LogP contribution in [0.15, 0.2) is 53.9 Å². The molecule has 0 unspecified atom stereocenters. The highest BCUT2D eigenvalue weighted by molar-refractivity contribution is 8.00. The number of aromatic nitrogens is 3. The maximum absolute atomic E-state index is 5.85. The average molecular weight is 312 g/mol. The van der Waals surface area contributed by atoms with Crippen molar-refractivity contribution in [3.8, 4) is 5.69 Å². The number of nitrogens with one attached hydrogen (secondary N) is 1. The summed E-state index contributed by atoms with van der Waals surface area (Å²) in [5.41, 5.74) is 15.9. The molecule has 0 atom stereocenters. The molecule has 6 nitrogen and oxygen atoms in total. The van der Waals surface area contributed by atoms with Gasteiger partial charge in [-0.1, -0.05) is 0 Å². The molecule has 0 aliphatic heterocycles. The van der Waals surface area contributed by atoms with E-state index in [2.05, 4.69) is 14.8 Å². The first-order chi connectivity index (χ1) is 10.6. The molecule has 0 saturated carbocycles. The van der Waals surface area contributed by atoms with E-state index in [1.54, 1.807) is 11.0 Å². The van der Waals surface area contributed by atoms with Crippen molar-refractivity contribution < 1.29 is 0 Å². The monoisotopic (exact) mass is 312 g/mol. The zero-order valence-electron chi connectivity index (χ0n) is 12.0. The summed E-state index contributed by atoms with van der Waals surface area (Å²) in [6.07, 6.45) is 3.17. The van der Waals surface area contributed by atoms with Crippen LogP contribution in [0.25, 0.3) is 5.69 Å². The van der Waals surface area contributed by atoms with Gasteiger partial charge in [0.25, 0.3) is 0 Å². The molecule has 3 rings (SSSR count). The smallest absolute Gasteiger partial charge is 0.138 e. The number of nitrogens with two attached hydrogens (primary N) is 2. The van der Waals surface area contributed by atoms with Crippen molar-refractivity contribution in [1.82, 2.24) is 14.8 Å². The fourth-order valence-electron chi connectivity index (χ4n) is 1.97. The van der Waals surface area contributed by atoms with E-state index in [1.165, 1.54) is 18.3 Å². The van der Waals surface area contributed by atoms with Crippen LogP contribution >= 0.6 is 11.9 Å². The predicted octanol–water partition coefficient (Wildman–Crippen LogP) is 2.86. The van der Waals surface area contributed by atoms with Gasteiger partial charge in [-0.15, -0.1) is 0 Å². The summed E-state index contributed by atoms with van der Waals surface area (Å²) in [6, 6.07) is 11.7. The molecule has 1 aromatic heterocycles. The molecule has 0 fully saturated rings. The summed E-state index contributed by atoms with van der Waals surface area (Å²) in [5, 5.41) is 4.09. The van der Waals surface area contributed by atoms with Crippen molar-refractivity contribution in [3.63, 3.8) is 0 Å². The minimum Gasteiger partial charge on any atom is -0.397 e. The van der Waals surface area contributed by atoms with E-state index >= 15 is 0 Å². The van der Waals surface area contributed by atoms with E-state index in [0.717, 1.165) is 21.8 Å². The number of anilines is 3. The molecule has 7 heteroatoms. The number of aryl methyl sites for hydroxylation is 1. The predicted molar refractivity (Wildman–Crippen MR) is 90.8 cm³/mol. The third kappa shape index (κ3) is 2.99. The zero-order chi connectivity index (χ0) is 15.5. The van der Waals surface area contributed by atoms with Gasteiger partial charge in [0, 0.05) is 10.6 Å². The van der Waals surface area contributed by atoms with Gasteiger partial charge in [0.15, 0.2) is 0 Å². The van der Waals surface area contributed by atoms with Crippen molar-refractivity contribution in [2.75, 3.05) is 16.2 Å². The van der Waals surface area contributed by atoms with Gasteiger partial charge in [0.1, 0.15) is 12.7 Å².